The Labute approximate surface area is 77.5 Å². The van der Waals surface area contributed by atoms with Crippen molar-refractivity contribution >= 4 is 0 Å². The van der Waals surface area contributed by atoms with Gasteiger partial charge in [0.05, 0.1) is 12.2 Å². The standard InChI is InChI=1S/C9H16O4/c1-3-4-6-8(11)9(12)7(10)5(2)13-6/h3,5-12H,1,4H2,2H3/t5-,6?,7?,8?,9?/m0/s1. The van der Waals surface area contributed by atoms with Gasteiger partial charge in [-0.2, -0.15) is 0 Å². The molecule has 13 heavy (non-hydrogen) atoms. The number of aliphatic hydroxyl groups is 3. The molecule has 1 aliphatic rings. The number of hydrogen-bond donors (Lipinski definition) is 3. The van der Waals surface area contributed by atoms with E-state index < -0.39 is 30.5 Å². The number of hydrogen-bond acceptors (Lipinski definition) is 4. The lowest BCUT2D eigenvalue weighted by molar-refractivity contribution is -0.215. The molecule has 0 amide bonds. The normalized spacial score (nSPS) is 46.0. The van der Waals surface area contributed by atoms with Crippen LogP contribution in [0, 0.1) is 0 Å². The summed E-state index contributed by atoms with van der Waals surface area (Å²) < 4.78 is 5.29. The van der Waals surface area contributed by atoms with E-state index in [9.17, 15) is 15.3 Å². The summed E-state index contributed by atoms with van der Waals surface area (Å²) in [5.74, 6) is 0. The molecule has 1 aliphatic heterocycles. The molecule has 0 radical (unpaired) electrons. The van der Waals surface area contributed by atoms with E-state index in [4.69, 9.17) is 4.74 Å². The summed E-state index contributed by atoms with van der Waals surface area (Å²) in [6.07, 6.45) is -2.02. The average Bonchev–Trinajstić information content (AvgIpc) is 2.11. The second kappa shape index (κ2) is 4.19. The largest absolute Gasteiger partial charge is 0.388 e. The first kappa shape index (κ1) is 10.7. The molecule has 0 bridgehead atoms. The third-order valence-corrected chi connectivity index (χ3v) is 2.35. The monoisotopic (exact) mass is 188 g/mol. The second-order valence-corrected chi connectivity index (χ2v) is 3.38. The fraction of sp³-hybridized carbons (Fsp3) is 0.778. The quantitative estimate of drug-likeness (QED) is 0.508. The van der Waals surface area contributed by atoms with Crippen LogP contribution >= 0.6 is 0 Å². The molecule has 1 heterocycles. The maximum Gasteiger partial charge on any atom is 0.111 e. The first-order chi connectivity index (χ1) is 6.07. The predicted octanol–water partition coefficient (Wildman–Crippen LogP) is -0.567. The van der Waals surface area contributed by atoms with E-state index >= 15 is 0 Å². The minimum absolute atomic E-state index is 0.455. The summed E-state index contributed by atoms with van der Waals surface area (Å²) in [4.78, 5) is 0. The molecule has 0 aromatic rings. The van der Waals surface area contributed by atoms with E-state index in [1.165, 1.54) is 0 Å². The fourth-order valence-corrected chi connectivity index (χ4v) is 1.50. The van der Waals surface area contributed by atoms with Gasteiger partial charge in [-0.1, -0.05) is 6.08 Å². The Morgan fingerprint density at radius 3 is 2.38 bits per heavy atom. The summed E-state index contributed by atoms with van der Waals surface area (Å²) in [6.45, 7) is 5.19. The van der Waals surface area contributed by atoms with Crippen molar-refractivity contribution in [1.82, 2.24) is 0 Å². The van der Waals surface area contributed by atoms with Gasteiger partial charge in [-0.05, 0) is 13.3 Å². The minimum atomic E-state index is -1.13. The molecular weight excluding hydrogens is 172 g/mol. The van der Waals surface area contributed by atoms with Crippen molar-refractivity contribution in [3.05, 3.63) is 12.7 Å². The highest BCUT2D eigenvalue weighted by Crippen LogP contribution is 2.22. The molecule has 1 rings (SSSR count). The second-order valence-electron chi connectivity index (χ2n) is 3.38. The van der Waals surface area contributed by atoms with Gasteiger partial charge in [0.25, 0.3) is 0 Å². The van der Waals surface area contributed by atoms with E-state index in [1.807, 2.05) is 0 Å². The molecule has 1 fully saturated rings. The SMILES string of the molecule is C=CCC1O[C@@H](C)C(O)C(O)C1O. The Morgan fingerprint density at radius 2 is 1.85 bits per heavy atom. The van der Waals surface area contributed by atoms with Crippen molar-refractivity contribution in [1.29, 1.82) is 0 Å². The predicted molar refractivity (Wildman–Crippen MR) is 47.2 cm³/mol. The van der Waals surface area contributed by atoms with E-state index in [-0.39, 0.29) is 0 Å². The highest BCUT2D eigenvalue weighted by molar-refractivity contribution is 4.92. The molecule has 0 spiro atoms. The van der Waals surface area contributed by atoms with Gasteiger partial charge in [0.1, 0.15) is 18.3 Å². The number of rotatable bonds is 2. The molecule has 0 aromatic carbocycles. The summed E-state index contributed by atoms with van der Waals surface area (Å²) >= 11 is 0. The van der Waals surface area contributed by atoms with Gasteiger partial charge in [-0.25, -0.2) is 0 Å². The van der Waals surface area contributed by atoms with E-state index in [1.54, 1.807) is 13.0 Å². The van der Waals surface area contributed by atoms with Crippen LogP contribution in [0.4, 0.5) is 0 Å². The molecular formula is C9H16O4. The lowest BCUT2D eigenvalue weighted by Crippen LogP contribution is -2.56. The third-order valence-electron chi connectivity index (χ3n) is 2.35. The van der Waals surface area contributed by atoms with Crippen LogP contribution in [-0.4, -0.2) is 45.8 Å². The number of ether oxygens (including phenoxy) is 1. The van der Waals surface area contributed by atoms with Crippen LogP contribution in [0.25, 0.3) is 0 Å². The molecule has 0 aliphatic carbocycles. The van der Waals surface area contributed by atoms with Crippen LogP contribution in [0.2, 0.25) is 0 Å². The van der Waals surface area contributed by atoms with Gasteiger partial charge in [0.2, 0.25) is 0 Å². The molecule has 0 saturated carbocycles. The minimum Gasteiger partial charge on any atom is -0.388 e. The fourth-order valence-electron chi connectivity index (χ4n) is 1.50. The summed E-state index contributed by atoms with van der Waals surface area (Å²) in [6, 6.07) is 0. The van der Waals surface area contributed by atoms with Crippen molar-refractivity contribution in [3.63, 3.8) is 0 Å². The molecule has 4 unspecified atom stereocenters. The zero-order valence-electron chi connectivity index (χ0n) is 7.63. The molecule has 76 valence electrons. The van der Waals surface area contributed by atoms with Gasteiger partial charge in [0.15, 0.2) is 0 Å². The Kier molecular flexibility index (Phi) is 3.44. The van der Waals surface area contributed by atoms with E-state index in [0.29, 0.717) is 6.42 Å². The van der Waals surface area contributed by atoms with Crippen molar-refractivity contribution < 1.29 is 20.1 Å². The molecule has 3 N–H and O–H groups in total. The topological polar surface area (TPSA) is 69.9 Å². The highest BCUT2D eigenvalue weighted by Gasteiger charge is 2.40. The molecule has 0 aromatic heterocycles. The smallest absolute Gasteiger partial charge is 0.111 e. The Morgan fingerprint density at radius 1 is 1.23 bits per heavy atom. The maximum atomic E-state index is 9.47. The maximum absolute atomic E-state index is 9.47. The van der Waals surface area contributed by atoms with Gasteiger partial charge in [-0.15, -0.1) is 6.58 Å². The Balaban J connectivity index is 2.64. The van der Waals surface area contributed by atoms with Crippen LogP contribution in [0.1, 0.15) is 13.3 Å². The lowest BCUT2D eigenvalue weighted by atomic mass is 9.94. The molecule has 4 nitrogen and oxygen atoms in total. The van der Waals surface area contributed by atoms with Gasteiger partial charge >= 0.3 is 0 Å². The summed E-state index contributed by atoms with van der Waals surface area (Å²) in [7, 11) is 0. The van der Waals surface area contributed by atoms with E-state index in [0.717, 1.165) is 0 Å². The zero-order chi connectivity index (χ0) is 10.0. The first-order valence-electron chi connectivity index (χ1n) is 4.38. The zero-order valence-corrected chi connectivity index (χ0v) is 7.63. The van der Waals surface area contributed by atoms with Crippen molar-refractivity contribution in [3.8, 4) is 0 Å². The van der Waals surface area contributed by atoms with Crippen molar-refractivity contribution in [2.75, 3.05) is 0 Å². The summed E-state index contributed by atoms with van der Waals surface area (Å²) in [5.41, 5.74) is 0. The first-order valence-corrected chi connectivity index (χ1v) is 4.38. The lowest BCUT2D eigenvalue weighted by Gasteiger charge is -2.39. The highest BCUT2D eigenvalue weighted by atomic mass is 16.5. The molecule has 5 atom stereocenters. The molecule has 4 heteroatoms. The van der Waals surface area contributed by atoms with Gasteiger partial charge < -0.3 is 20.1 Å². The van der Waals surface area contributed by atoms with Crippen LogP contribution in [0.15, 0.2) is 12.7 Å². The molecule has 1 saturated heterocycles. The Hall–Kier alpha value is -0.420. The van der Waals surface area contributed by atoms with E-state index in [2.05, 4.69) is 6.58 Å². The Bertz CT molecular complexity index is 182. The summed E-state index contributed by atoms with van der Waals surface area (Å²) in [5, 5.41) is 28.2. The van der Waals surface area contributed by atoms with Crippen LogP contribution in [0.3, 0.4) is 0 Å². The average molecular weight is 188 g/mol. The van der Waals surface area contributed by atoms with Crippen LogP contribution in [0.5, 0.6) is 0 Å². The van der Waals surface area contributed by atoms with Crippen molar-refractivity contribution in [2.24, 2.45) is 0 Å². The van der Waals surface area contributed by atoms with Crippen LogP contribution in [-0.2, 0) is 4.74 Å². The van der Waals surface area contributed by atoms with Gasteiger partial charge in [0, 0.05) is 0 Å². The van der Waals surface area contributed by atoms with Crippen molar-refractivity contribution in [2.45, 2.75) is 43.9 Å². The van der Waals surface area contributed by atoms with Gasteiger partial charge in [-0.3, -0.25) is 0 Å². The third kappa shape index (κ3) is 2.08. The number of aliphatic hydroxyl groups excluding tert-OH is 3. The van der Waals surface area contributed by atoms with Crippen LogP contribution < -0.4 is 0 Å².